The molecule has 3 aromatic carbocycles. The lowest BCUT2D eigenvalue weighted by Crippen LogP contribution is -2.26. The quantitative estimate of drug-likeness (QED) is 0.111. The first kappa shape index (κ1) is 34.1. The van der Waals surface area contributed by atoms with Gasteiger partial charge in [-0.25, -0.2) is 0 Å². The van der Waals surface area contributed by atoms with E-state index in [9.17, 15) is 14.7 Å². The van der Waals surface area contributed by atoms with Crippen molar-refractivity contribution < 1.29 is 29.3 Å². The first-order valence-electron chi connectivity index (χ1n) is 15.1. The number of hydrogen-bond donors (Lipinski definition) is 3. The second kappa shape index (κ2) is 14.9. The zero-order valence-electron chi connectivity index (χ0n) is 26.6. The smallest absolute Gasteiger partial charge is 0.313 e. The fourth-order valence-corrected chi connectivity index (χ4v) is 5.27. The molecule has 0 spiro atoms. The molecule has 3 aromatic rings. The van der Waals surface area contributed by atoms with E-state index in [4.69, 9.17) is 14.6 Å². The summed E-state index contributed by atoms with van der Waals surface area (Å²) in [6.45, 7) is 15.6. The molecule has 0 saturated heterocycles. The van der Waals surface area contributed by atoms with Gasteiger partial charge in [0.25, 0.3) is 0 Å². The van der Waals surface area contributed by atoms with E-state index in [2.05, 4.69) is 59.0 Å². The van der Waals surface area contributed by atoms with Gasteiger partial charge in [-0.15, -0.1) is 11.8 Å². The van der Waals surface area contributed by atoms with Gasteiger partial charge in [-0.2, -0.15) is 0 Å². The molecule has 0 aliphatic heterocycles. The Kier molecular flexibility index (Phi) is 11.8. The number of aliphatic carboxylic acids is 1. The van der Waals surface area contributed by atoms with Crippen LogP contribution in [-0.2, 0) is 20.4 Å². The third kappa shape index (κ3) is 8.82. The molecule has 234 valence electrons. The van der Waals surface area contributed by atoms with E-state index in [0.717, 1.165) is 24.2 Å². The number of anilines is 1. The molecule has 1 unspecified atom stereocenters. The van der Waals surface area contributed by atoms with Gasteiger partial charge in [0.1, 0.15) is 23.4 Å². The molecule has 0 heterocycles. The lowest BCUT2D eigenvalue weighted by atomic mass is 9.76. The average molecular weight is 610 g/mol. The standard InChI is InChI=1S/C35H47NO6S/c1-8-24(42-29-16-15-23(34(4,5)9-2)19-27(29)35(6,7)10-3)20-31(37)36-28-21-30(41-17-18-43-22-32(38)39)25-13-11-12-14-26(25)33(28)40/h11-16,19,21,24,40H,8-10,17-18,20,22H2,1-7H3,(H,36,37)(H,38,39). The molecule has 0 radical (unpaired) electrons. The number of benzene rings is 3. The molecule has 0 aromatic heterocycles. The number of carboxylic acid groups (broad SMARTS) is 1. The van der Waals surface area contributed by atoms with Crippen LogP contribution in [0.3, 0.4) is 0 Å². The predicted octanol–water partition coefficient (Wildman–Crippen LogP) is 8.30. The van der Waals surface area contributed by atoms with E-state index in [-0.39, 0.29) is 53.1 Å². The number of amides is 1. The van der Waals surface area contributed by atoms with Gasteiger partial charge in [-0.05, 0) is 41.7 Å². The molecule has 43 heavy (non-hydrogen) atoms. The number of phenolic OH excluding ortho intramolecular Hbond substituents is 1. The summed E-state index contributed by atoms with van der Waals surface area (Å²) < 4.78 is 12.5. The first-order valence-corrected chi connectivity index (χ1v) is 16.3. The summed E-state index contributed by atoms with van der Waals surface area (Å²) in [5.74, 6) is 0.609. The second-order valence-electron chi connectivity index (χ2n) is 12.2. The zero-order valence-corrected chi connectivity index (χ0v) is 27.4. The normalized spacial score (nSPS) is 12.6. The van der Waals surface area contributed by atoms with Gasteiger partial charge in [0.2, 0.25) is 5.91 Å². The summed E-state index contributed by atoms with van der Waals surface area (Å²) in [5, 5.41) is 24.0. The molecule has 0 saturated carbocycles. The summed E-state index contributed by atoms with van der Waals surface area (Å²) in [5.41, 5.74) is 2.61. The van der Waals surface area contributed by atoms with Gasteiger partial charge in [-0.3, -0.25) is 9.59 Å². The van der Waals surface area contributed by atoms with Crippen LogP contribution in [0.1, 0.15) is 85.3 Å². The fraction of sp³-hybridized carbons (Fsp3) is 0.486. The molecule has 3 rings (SSSR count). The Bertz CT molecular complexity index is 1420. The number of phenols is 1. The van der Waals surface area contributed by atoms with Crippen LogP contribution in [0.2, 0.25) is 0 Å². The number of carboxylic acids is 1. The minimum Gasteiger partial charge on any atom is -0.505 e. The summed E-state index contributed by atoms with van der Waals surface area (Å²) in [6, 6.07) is 15.3. The Morgan fingerprint density at radius 2 is 1.60 bits per heavy atom. The minimum absolute atomic E-state index is 0.0000367. The van der Waals surface area contributed by atoms with Crippen LogP contribution >= 0.6 is 11.8 Å². The number of hydrogen-bond acceptors (Lipinski definition) is 6. The maximum Gasteiger partial charge on any atom is 0.313 e. The van der Waals surface area contributed by atoms with Crippen molar-refractivity contribution in [1.82, 2.24) is 0 Å². The van der Waals surface area contributed by atoms with Crippen LogP contribution in [0.4, 0.5) is 5.69 Å². The van der Waals surface area contributed by atoms with Crippen LogP contribution < -0.4 is 14.8 Å². The van der Waals surface area contributed by atoms with E-state index in [1.54, 1.807) is 12.1 Å². The SMILES string of the molecule is CCC(CC(=O)Nc1cc(OCCSCC(=O)O)c2ccccc2c1O)Oc1ccc(C(C)(C)CC)cc1C(C)(C)CC. The van der Waals surface area contributed by atoms with Crippen molar-refractivity contribution in [1.29, 1.82) is 0 Å². The van der Waals surface area contributed by atoms with Gasteiger partial charge in [-0.1, -0.05) is 84.9 Å². The molecule has 1 atom stereocenters. The van der Waals surface area contributed by atoms with Crippen molar-refractivity contribution in [3.63, 3.8) is 0 Å². The summed E-state index contributed by atoms with van der Waals surface area (Å²) in [6.07, 6.45) is 2.35. The molecule has 3 N–H and O–H groups in total. The van der Waals surface area contributed by atoms with Crippen molar-refractivity contribution in [2.75, 3.05) is 23.4 Å². The third-order valence-corrected chi connectivity index (χ3v) is 9.29. The monoisotopic (exact) mass is 609 g/mol. The molecule has 8 heteroatoms. The molecule has 0 aliphatic carbocycles. The number of nitrogens with one attached hydrogen (secondary N) is 1. The molecule has 1 amide bonds. The number of ether oxygens (including phenoxy) is 2. The highest BCUT2D eigenvalue weighted by Gasteiger charge is 2.28. The van der Waals surface area contributed by atoms with Crippen molar-refractivity contribution in [3.05, 3.63) is 59.7 Å². The lowest BCUT2D eigenvalue weighted by Gasteiger charge is -2.31. The zero-order chi connectivity index (χ0) is 31.8. The average Bonchev–Trinajstić information content (AvgIpc) is 2.98. The van der Waals surface area contributed by atoms with E-state index >= 15 is 0 Å². The van der Waals surface area contributed by atoms with E-state index in [0.29, 0.717) is 28.7 Å². The Morgan fingerprint density at radius 3 is 2.23 bits per heavy atom. The summed E-state index contributed by atoms with van der Waals surface area (Å²) in [7, 11) is 0. The number of rotatable bonds is 16. The van der Waals surface area contributed by atoms with E-state index < -0.39 is 5.97 Å². The van der Waals surface area contributed by atoms with Gasteiger partial charge < -0.3 is 25.0 Å². The van der Waals surface area contributed by atoms with Crippen molar-refractivity contribution in [2.45, 2.75) is 91.1 Å². The van der Waals surface area contributed by atoms with Gasteiger partial charge in [0.05, 0.1) is 24.5 Å². The highest BCUT2D eigenvalue weighted by molar-refractivity contribution is 7.99. The van der Waals surface area contributed by atoms with Gasteiger partial charge in [0, 0.05) is 28.2 Å². The first-order chi connectivity index (χ1) is 20.3. The maximum atomic E-state index is 13.3. The number of fused-ring (bicyclic) bond motifs is 1. The maximum absolute atomic E-state index is 13.3. The van der Waals surface area contributed by atoms with Gasteiger partial charge >= 0.3 is 5.97 Å². The molecule has 7 nitrogen and oxygen atoms in total. The molecule has 0 fully saturated rings. The molecular weight excluding hydrogens is 562 g/mol. The van der Waals surface area contributed by atoms with E-state index in [1.807, 2.05) is 31.2 Å². The van der Waals surface area contributed by atoms with Crippen LogP contribution in [0.25, 0.3) is 10.8 Å². The minimum atomic E-state index is -0.873. The summed E-state index contributed by atoms with van der Waals surface area (Å²) in [4.78, 5) is 24.1. The molecular formula is C35H47NO6S. The number of carbonyl (C=O) groups is 2. The van der Waals surface area contributed by atoms with Crippen LogP contribution in [-0.4, -0.2) is 46.3 Å². The van der Waals surface area contributed by atoms with Crippen LogP contribution in [0.5, 0.6) is 17.2 Å². The Hall–Kier alpha value is -3.39. The Balaban J connectivity index is 1.80. The number of thioether (sulfide) groups is 1. The topological polar surface area (TPSA) is 105 Å². The van der Waals surface area contributed by atoms with Gasteiger partial charge in [0.15, 0.2) is 0 Å². The van der Waals surface area contributed by atoms with Crippen LogP contribution in [0.15, 0.2) is 48.5 Å². The van der Waals surface area contributed by atoms with E-state index in [1.165, 1.54) is 17.3 Å². The third-order valence-electron chi connectivity index (χ3n) is 8.38. The van der Waals surface area contributed by atoms with Crippen LogP contribution in [0, 0.1) is 0 Å². The van der Waals surface area contributed by atoms with Crippen molar-refractivity contribution in [2.24, 2.45) is 0 Å². The fourth-order valence-electron chi connectivity index (χ4n) is 4.75. The largest absolute Gasteiger partial charge is 0.505 e. The number of carbonyl (C=O) groups excluding carboxylic acids is 1. The molecule has 0 bridgehead atoms. The lowest BCUT2D eigenvalue weighted by molar-refractivity contribution is -0.133. The summed E-state index contributed by atoms with van der Waals surface area (Å²) >= 11 is 1.26. The Labute approximate surface area is 260 Å². The molecule has 0 aliphatic rings. The highest BCUT2D eigenvalue weighted by Crippen LogP contribution is 2.41. The second-order valence-corrected chi connectivity index (χ2v) is 13.3. The predicted molar refractivity (Wildman–Crippen MR) is 177 cm³/mol. The number of aromatic hydroxyl groups is 1. The highest BCUT2D eigenvalue weighted by atomic mass is 32.2. The van der Waals surface area contributed by atoms with Crippen molar-refractivity contribution >= 4 is 40.1 Å². The Morgan fingerprint density at radius 1 is 0.930 bits per heavy atom. The van der Waals surface area contributed by atoms with Crippen molar-refractivity contribution in [3.8, 4) is 17.2 Å².